The van der Waals surface area contributed by atoms with Crippen LogP contribution in [0.2, 0.25) is 0 Å². The van der Waals surface area contributed by atoms with Gasteiger partial charge in [-0.3, -0.25) is 4.21 Å². The number of nitrogen functional groups attached to an aromatic ring is 1. The molecule has 1 rings (SSSR count). The van der Waals surface area contributed by atoms with Crippen LogP contribution in [0, 0.1) is 0 Å². The quantitative estimate of drug-likeness (QED) is 0.802. The van der Waals surface area contributed by atoms with Gasteiger partial charge in [0.15, 0.2) is 5.82 Å². The van der Waals surface area contributed by atoms with E-state index in [1.165, 1.54) is 0 Å². The number of nitrogens with one attached hydrogen (secondary N) is 1. The second-order valence-corrected chi connectivity index (χ2v) is 5.62. The number of hydrogen-bond donors (Lipinski definition) is 2. The lowest BCUT2D eigenvalue weighted by Crippen LogP contribution is -2.16. The van der Waals surface area contributed by atoms with Gasteiger partial charge < -0.3 is 15.8 Å². The number of nitrogens with two attached hydrogens (primary N) is 1. The average Bonchev–Trinajstić information content (AvgIpc) is 2.31. The maximum absolute atomic E-state index is 11.2. The van der Waals surface area contributed by atoms with E-state index >= 15 is 0 Å². The first-order valence-electron chi connectivity index (χ1n) is 5.41. The van der Waals surface area contributed by atoms with Gasteiger partial charge in [-0.1, -0.05) is 6.92 Å². The standard InChI is InChI=1S/C11H19N3O2S/c1-8(17(3)15)6-7-13-11-9(12)4-5-10(14-11)16-2/h4-5,8H,6-7,12H2,1-3H3,(H,13,14). The van der Waals surface area contributed by atoms with Gasteiger partial charge >= 0.3 is 0 Å². The summed E-state index contributed by atoms with van der Waals surface area (Å²) in [5, 5.41) is 3.28. The zero-order chi connectivity index (χ0) is 12.8. The normalized spacial score (nSPS) is 14.1. The zero-order valence-electron chi connectivity index (χ0n) is 10.4. The van der Waals surface area contributed by atoms with Gasteiger partial charge in [0.25, 0.3) is 0 Å². The van der Waals surface area contributed by atoms with E-state index in [1.54, 1.807) is 25.5 Å². The lowest BCUT2D eigenvalue weighted by Gasteiger charge is -2.11. The first kappa shape index (κ1) is 13.8. The molecule has 2 unspecified atom stereocenters. The van der Waals surface area contributed by atoms with Gasteiger partial charge in [0.2, 0.25) is 5.88 Å². The van der Waals surface area contributed by atoms with Gasteiger partial charge in [-0.15, -0.1) is 0 Å². The fraction of sp³-hybridized carbons (Fsp3) is 0.545. The van der Waals surface area contributed by atoms with Crippen LogP contribution < -0.4 is 15.8 Å². The summed E-state index contributed by atoms with van der Waals surface area (Å²) in [4.78, 5) is 4.20. The predicted octanol–water partition coefficient (Wildman–Crippen LogP) is 1.24. The molecule has 0 saturated heterocycles. The monoisotopic (exact) mass is 257 g/mol. The van der Waals surface area contributed by atoms with Crippen molar-refractivity contribution in [2.75, 3.05) is 31.0 Å². The number of nitrogens with zero attached hydrogens (tertiary/aromatic N) is 1. The van der Waals surface area contributed by atoms with Crippen molar-refractivity contribution in [2.24, 2.45) is 0 Å². The molecule has 0 amide bonds. The molecule has 3 N–H and O–H groups in total. The molecule has 17 heavy (non-hydrogen) atoms. The molecule has 0 radical (unpaired) electrons. The molecule has 6 heteroatoms. The third kappa shape index (κ3) is 4.22. The van der Waals surface area contributed by atoms with Crippen molar-refractivity contribution in [1.82, 2.24) is 4.98 Å². The van der Waals surface area contributed by atoms with Crippen LogP contribution in [0.3, 0.4) is 0 Å². The van der Waals surface area contributed by atoms with Crippen molar-refractivity contribution in [3.63, 3.8) is 0 Å². The van der Waals surface area contributed by atoms with Gasteiger partial charge in [0.1, 0.15) is 0 Å². The molecule has 0 aliphatic carbocycles. The maximum atomic E-state index is 11.2. The van der Waals surface area contributed by atoms with Crippen LogP contribution in [0.1, 0.15) is 13.3 Å². The topological polar surface area (TPSA) is 77.2 Å². The third-order valence-electron chi connectivity index (χ3n) is 2.52. The Morgan fingerprint density at radius 1 is 1.59 bits per heavy atom. The molecule has 0 fully saturated rings. The summed E-state index contributed by atoms with van der Waals surface area (Å²) in [5.74, 6) is 1.13. The van der Waals surface area contributed by atoms with E-state index in [0.29, 0.717) is 23.9 Å². The molecule has 1 heterocycles. The van der Waals surface area contributed by atoms with E-state index in [4.69, 9.17) is 10.5 Å². The lowest BCUT2D eigenvalue weighted by molar-refractivity contribution is 0.398. The number of ether oxygens (including phenoxy) is 1. The Balaban J connectivity index is 2.54. The number of hydrogen-bond acceptors (Lipinski definition) is 5. The van der Waals surface area contributed by atoms with Crippen LogP contribution in [0.25, 0.3) is 0 Å². The molecule has 2 atom stereocenters. The Labute approximate surface area is 104 Å². The first-order chi connectivity index (χ1) is 8.04. The Hall–Kier alpha value is -1.30. The van der Waals surface area contributed by atoms with Crippen molar-refractivity contribution >= 4 is 22.3 Å². The largest absolute Gasteiger partial charge is 0.481 e. The first-order valence-corrected chi connectivity index (χ1v) is 7.03. The zero-order valence-corrected chi connectivity index (χ0v) is 11.2. The van der Waals surface area contributed by atoms with Gasteiger partial charge in [-0.2, -0.15) is 4.98 Å². The van der Waals surface area contributed by atoms with E-state index in [1.807, 2.05) is 6.92 Å². The highest BCUT2D eigenvalue weighted by Crippen LogP contribution is 2.19. The molecule has 0 aliphatic rings. The Bertz CT molecular complexity index is 398. The minimum atomic E-state index is -0.796. The number of pyridine rings is 1. The van der Waals surface area contributed by atoms with Crippen molar-refractivity contribution in [3.05, 3.63) is 12.1 Å². The van der Waals surface area contributed by atoms with Gasteiger partial charge in [-0.25, -0.2) is 0 Å². The summed E-state index contributed by atoms with van der Waals surface area (Å²) in [5.41, 5.74) is 6.36. The number of anilines is 2. The maximum Gasteiger partial charge on any atom is 0.215 e. The van der Waals surface area contributed by atoms with Crippen molar-refractivity contribution < 1.29 is 8.95 Å². The second-order valence-electron chi connectivity index (χ2n) is 3.82. The average molecular weight is 257 g/mol. The molecule has 96 valence electrons. The summed E-state index contributed by atoms with van der Waals surface area (Å²) in [6.07, 6.45) is 2.52. The summed E-state index contributed by atoms with van der Waals surface area (Å²) in [7, 11) is 0.764. The van der Waals surface area contributed by atoms with Crippen LogP contribution in [-0.2, 0) is 10.8 Å². The minimum absolute atomic E-state index is 0.161. The third-order valence-corrected chi connectivity index (χ3v) is 3.89. The van der Waals surface area contributed by atoms with Crippen LogP contribution in [-0.4, -0.2) is 34.4 Å². The highest BCUT2D eigenvalue weighted by atomic mass is 32.2. The Kier molecular flexibility index (Phi) is 5.21. The highest BCUT2D eigenvalue weighted by Gasteiger charge is 2.07. The van der Waals surface area contributed by atoms with E-state index < -0.39 is 10.8 Å². The Morgan fingerprint density at radius 2 is 2.29 bits per heavy atom. The minimum Gasteiger partial charge on any atom is -0.481 e. The predicted molar refractivity (Wildman–Crippen MR) is 71.8 cm³/mol. The van der Waals surface area contributed by atoms with E-state index in [-0.39, 0.29) is 5.25 Å². The molecule has 0 aromatic carbocycles. The van der Waals surface area contributed by atoms with Gasteiger partial charge in [0.05, 0.1) is 12.8 Å². The molecule has 1 aromatic rings. The van der Waals surface area contributed by atoms with Crippen LogP contribution >= 0.6 is 0 Å². The molecule has 0 bridgehead atoms. The second kappa shape index (κ2) is 6.44. The fourth-order valence-corrected chi connectivity index (χ4v) is 1.72. The molecular formula is C11H19N3O2S. The molecular weight excluding hydrogens is 238 g/mol. The number of aromatic nitrogens is 1. The lowest BCUT2D eigenvalue weighted by atomic mass is 10.3. The smallest absolute Gasteiger partial charge is 0.215 e. The summed E-state index contributed by atoms with van der Waals surface area (Å²) in [6.45, 7) is 2.64. The number of rotatable bonds is 6. The van der Waals surface area contributed by atoms with E-state index in [2.05, 4.69) is 10.3 Å². The van der Waals surface area contributed by atoms with Gasteiger partial charge in [-0.05, 0) is 12.5 Å². The van der Waals surface area contributed by atoms with Crippen LogP contribution in [0.4, 0.5) is 11.5 Å². The van der Waals surface area contributed by atoms with E-state index in [9.17, 15) is 4.21 Å². The van der Waals surface area contributed by atoms with E-state index in [0.717, 1.165) is 6.42 Å². The summed E-state index contributed by atoms with van der Waals surface area (Å²) >= 11 is 0. The molecule has 0 spiro atoms. The number of methoxy groups -OCH3 is 1. The fourth-order valence-electron chi connectivity index (χ4n) is 1.27. The van der Waals surface area contributed by atoms with Crippen LogP contribution in [0.15, 0.2) is 12.1 Å². The molecule has 0 saturated carbocycles. The molecule has 5 nitrogen and oxygen atoms in total. The highest BCUT2D eigenvalue weighted by molar-refractivity contribution is 7.84. The van der Waals surface area contributed by atoms with Crippen molar-refractivity contribution in [3.8, 4) is 5.88 Å². The molecule has 0 aliphatic heterocycles. The van der Waals surface area contributed by atoms with Gasteiger partial charge in [0, 0.05) is 34.9 Å². The molecule has 1 aromatic heterocycles. The Morgan fingerprint density at radius 3 is 2.88 bits per heavy atom. The van der Waals surface area contributed by atoms with Crippen molar-refractivity contribution in [2.45, 2.75) is 18.6 Å². The summed E-state index contributed by atoms with van der Waals surface area (Å²) < 4.78 is 16.2. The van der Waals surface area contributed by atoms with Crippen molar-refractivity contribution in [1.29, 1.82) is 0 Å². The SMILES string of the molecule is COc1ccc(N)c(NCCC(C)S(C)=O)n1. The van der Waals surface area contributed by atoms with Crippen LogP contribution in [0.5, 0.6) is 5.88 Å². The summed E-state index contributed by atoms with van der Waals surface area (Å²) in [6, 6.07) is 3.46.